The standard InChI is InChI=1S/C12H15BrN2O/c13-10-4-1-3-9(7-10)12-15-8-11(16-12)5-2-6-14/h1,3-4,7,11H,2,5-6,8,14H2. The number of ether oxygens (including phenoxy) is 1. The Hall–Kier alpha value is -0.870. The highest BCUT2D eigenvalue weighted by atomic mass is 79.9. The molecule has 0 aliphatic carbocycles. The predicted molar refractivity (Wildman–Crippen MR) is 68.7 cm³/mol. The molecular weight excluding hydrogens is 268 g/mol. The fourth-order valence-electron chi connectivity index (χ4n) is 1.69. The molecule has 1 aliphatic rings. The second-order valence-corrected chi connectivity index (χ2v) is 4.74. The molecule has 0 aromatic heterocycles. The van der Waals surface area contributed by atoms with E-state index in [1.54, 1.807) is 0 Å². The van der Waals surface area contributed by atoms with Crippen LogP contribution in [-0.4, -0.2) is 25.1 Å². The quantitative estimate of drug-likeness (QED) is 0.922. The Balaban J connectivity index is 1.98. The van der Waals surface area contributed by atoms with Crippen LogP contribution in [0.5, 0.6) is 0 Å². The van der Waals surface area contributed by atoms with Gasteiger partial charge in [-0.1, -0.05) is 22.0 Å². The van der Waals surface area contributed by atoms with Crippen molar-refractivity contribution < 1.29 is 4.74 Å². The van der Waals surface area contributed by atoms with E-state index in [-0.39, 0.29) is 6.10 Å². The molecule has 0 amide bonds. The van der Waals surface area contributed by atoms with Crippen molar-refractivity contribution in [3.63, 3.8) is 0 Å². The Labute approximate surface area is 104 Å². The Bertz CT molecular complexity index is 392. The number of halogens is 1. The summed E-state index contributed by atoms with van der Waals surface area (Å²) >= 11 is 3.44. The molecule has 1 aromatic rings. The van der Waals surface area contributed by atoms with E-state index >= 15 is 0 Å². The molecule has 1 atom stereocenters. The highest BCUT2D eigenvalue weighted by Crippen LogP contribution is 2.18. The molecular formula is C12H15BrN2O. The van der Waals surface area contributed by atoms with Crippen molar-refractivity contribution in [2.75, 3.05) is 13.1 Å². The van der Waals surface area contributed by atoms with E-state index < -0.39 is 0 Å². The van der Waals surface area contributed by atoms with Gasteiger partial charge in [0, 0.05) is 10.0 Å². The van der Waals surface area contributed by atoms with Gasteiger partial charge in [0.2, 0.25) is 5.90 Å². The fourth-order valence-corrected chi connectivity index (χ4v) is 2.09. The summed E-state index contributed by atoms with van der Waals surface area (Å²) in [6.45, 7) is 1.47. The van der Waals surface area contributed by atoms with Crippen molar-refractivity contribution in [3.8, 4) is 0 Å². The molecule has 0 saturated heterocycles. The van der Waals surface area contributed by atoms with Gasteiger partial charge in [0.05, 0.1) is 6.54 Å². The molecule has 3 nitrogen and oxygen atoms in total. The van der Waals surface area contributed by atoms with E-state index in [1.807, 2.05) is 24.3 Å². The zero-order valence-corrected chi connectivity index (χ0v) is 10.6. The maximum Gasteiger partial charge on any atom is 0.216 e. The van der Waals surface area contributed by atoms with Crippen molar-refractivity contribution in [1.82, 2.24) is 0 Å². The molecule has 0 bridgehead atoms. The number of hydrogen-bond donors (Lipinski definition) is 1. The van der Waals surface area contributed by atoms with E-state index in [0.717, 1.165) is 35.3 Å². The van der Waals surface area contributed by atoms with E-state index in [4.69, 9.17) is 10.5 Å². The van der Waals surface area contributed by atoms with Gasteiger partial charge in [-0.3, -0.25) is 0 Å². The number of benzene rings is 1. The molecule has 1 aromatic carbocycles. The molecule has 4 heteroatoms. The van der Waals surface area contributed by atoms with Gasteiger partial charge in [0.1, 0.15) is 6.10 Å². The van der Waals surface area contributed by atoms with Crippen molar-refractivity contribution in [1.29, 1.82) is 0 Å². The first-order valence-electron chi connectivity index (χ1n) is 5.46. The molecule has 1 heterocycles. The highest BCUT2D eigenvalue weighted by molar-refractivity contribution is 9.10. The highest BCUT2D eigenvalue weighted by Gasteiger charge is 2.20. The Morgan fingerprint density at radius 3 is 3.12 bits per heavy atom. The Morgan fingerprint density at radius 2 is 2.38 bits per heavy atom. The molecule has 0 radical (unpaired) electrons. The first-order chi connectivity index (χ1) is 7.79. The summed E-state index contributed by atoms with van der Waals surface area (Å²) in [5.74, 6) is 0.753. The minimum Gasteiger partial charge on any atom is -0.472 e. The molecule has 2 N–H and O–H groups in total. The summed E-state index contributed by atoms with van der Waals surface area (Å²) in [5, 5.41) is 0. The van der Waals surface area contributed by atoms with Crippen LogP contribution in [0.2, 0.25) is 0 Å². The summed E-state index contributed by atoms with van der Waals surface area (Å²) in [4.78, 5) is 4.41. The molecule has 16 heavy (non-hydrogen) atoms. The molecule has 0 fully saturated rings. The fraction of sp³-hybridized carbons (Fsp3) is 0.417. The SMILES string of the molecule is NCCCC1CN=C(c2cccc(Br)c2)O1. The largest absolute Gasteiger partial charge is 0.472 e. The third kappa shape index (κ3) is 2.83. The van der Waals surface area contributed by atoms with Gasteiger partial charge in [0.25, 0.3) is 0 Å². The zero-order valence-electron chi connectivity index (χ0n) is 9.03. The summed E-state index contributed by atoms with van der Waals surface area (Å²) in [6.07, 6.45) is 2.18. The average Bonchev–Trinajstić information content (AvgIpc) is 2.75. The molecule has 0 spiro atoms. The van der Waals surface area contributed by atoms with Gasteiger partial charge in [-0.15, -0.1) is 0 Å². The van der Waals surface area contributed by atoms with Crippen LogP contribution in [0.4, 0.5) is 0 Å². The van der Waals surface area contributed by atoms with Crippen LogP contribution in [-0.2, 0) is 4.74 Å². The van der Waals surface area contributed by atoms with Gasteiger partial charge >= 0.3 is 0 Å². The lowest BCUT2D eigenvalue weighted by molar-refractivity contribution is 0.211. The van der Waals surface area contributed by atoms with Crippen molar-refractivity contribution in [2.24, 2.45) is 10.7 Å². The van der Waals surface area contributed by atoms with Gasteiger partial charge in [-0.25, -0.2) is 4.99 Å². The number of hydrogen-bond acceptors (Lipinski definition) is 3. The average molecular weight is 283 g/mol. The van der Waals surface area contributed by atoms with E-state index in [1.165, 1.54) is 0 Å². The summed E-state index contributed by atoms with van der Waals surface area (Å²) in [6, 6.07) is 8.00. The zero-order chi connectivity index (χ0) is 11.4. The molecule has 1 unspecified atom stereocenters. The van der Waals surface area contributed by atoms with Crippen LogP contribution in [0.3, 0.4) is 0 Å². The number of aliphatic imine (C=N–C) groups is 1. The summed E-state index contributed by atoms with van der Waals surface area (Å²) < 4.78 is 6.82. The smallest absolute Gasteiger partial charge is 0.216 e. The van der Waals surface area contributed by atoms with Crippen molar-refractivity contribution >= 4 is 21.8 Å². The van der Waals surface area contributed by atoms with E-state index in [2.05, 4.69) is 20.9 Å². The summed E-state index contributed by atoms with van der Waals surface area (Å²) in [5.41, 5.74) is 6.51. The molecule has 0 saturated carbocycles. The van der Waals surface area contributed by atoms with Crippen LogP contribution >= 0.6 is 15.9 Å². The first kappa shape index (κ1) is 11.6. The molecule has 86 valence electrons. The van der Waals surface area contributed by atoms with Crippen LogP contribution < -0.4 is 5.73 Å². The van der Waals surface area contributed by atoms with Crippen LogP contribution in [0.15, 0.2) is 33.7 Å². The van der Waals surface area contributed by atoms with Gasteiger partial charge < -0.3 is 10.5 Å². The Kier molecular flexibility index (Phi) is 3.96. The lowest BCUT2D eigenvalue weighted by Crippen LogP contribution is -2.15. The third-order valence-electron chi connectivity index (χ3n) is 2.52. The molecule has 2 rings (SSSR count). The first-order valence-corrected chi connectivity index (χ1v) is 6.26. The van der Waals surface area contributed by atoms with Gasteiger partial charge in [0.15, 0.2) is 0 Å². The normalized spacial score (nSPS) is 19.4. The van der Waals surface area contributed by atoms with Crippen LogP contribution in [0.25, 0.3) is 0 Å². The van der Waals surface area contributed by atoms with Gasteiger partial charge in [-0.2, -0.15) is 0 Å². The second kappa shape index (κ2) is 5.46. The minimum absolute atomic E-state index is 0.206. The number of nitrogens with two attached hydrogens (primary N) is 1. The predicted octanol–water partition coefficient (Wildman–Crippen LogP) is 2.33. The monoisotopic (exact) mass is 282 g/mol. The van der Waals surface area contributed by atoms with Crippen LogP contribution in [0, 0.1) is 0 Å². The Morgan fingerprint density at radius 1 is 1.50 bits per heavy atom. The second-order valence-electron chi connectivity index (χ2n) is 3.83. The number of nitrogens with zero attached hydrogens (tertiary/aromatic N) is 1. The lowest BCUT2D eigenvalue weighted by Gasteiger charge is -2.10. The topological polar surface area (TPSA) is 47.6 Å². The summed E-state index contributed by atoms with van der Waals surface area (Å²) in [7, 11) is 0. The maximum absolute atomic E-state index is 5.78. The minimum atomic E-state index is 0.206. The number of rotatable bonds is 4. The van der Waals surface area contributed by atoms with E-state index in [9.17, 15) is 0 Å². The van der Waals surface area contributed by atoms with Crippen LogP contribution in [0.1, 0.15) is 18.4 Å². The lowest BCUT2D eigenvalue weighted by atomic mass is 10.2. The maximum atomic E-state index is 5.78. The third-order valence-corrected chi connectivity index (χ3v) is 3.01. The van der Waals surface area contributed by atoms with Crippen molar-refractivity contribution in [3.05, 3.63) is 34.3 Å². The van der Waals surface area contributed by atoms with E-state index in [0.29, 0.717) is 6.54 Å². The van der Waals surface area contributed by atoms with Crippen molar-refractivity contribution in [2.45, 2.75) is 18.9 Å². The molecule has 1 aliphatic heterocycles. The van der Waals surface area contributed by atoms with Gasteiger partial charge in [-0.05, 0) is 37.6 Å².